The maximum Gasteiger partial charge on any atom is 0.155 e. The molecule has 0 aliphatic rings. The second-order valence-corrected chi connectivity index (χ2v) is 4.54. The Morgan fingerprint density at radius 3 is 1.94 bits per heavy atom. The summed E-state index contributed by atoms with van der Waals surface area (Å²) in [4.78, 5) is 0. The van der Waals surface area contributed by atoms with Crippen molar-refractivity contribution in [3.8, 4) is 0 Å². The second-order valence-electron chi connectivity index (χ2n) is 3.06. The third-order valence-electron chi connectivity index (χ3n) is 1.59. The standard InChI is InChI=1S/C9H23NO4P2/c1-2-3-4-6-11-15-13-8-9-14-16-12-7-5-10/h15-16H,2-10H2,1H3. The van der Waals surface area contributed by atoms with E-state index in [1.807, 2.05) is 0 Å². The van der Waals surface area contributed by atoms with E-state index in [2.05, 4.69) is 6.92 Å². The van der Waals surface area contributed by atoms with E-state index in [1.54, 1.807) is 0 Å². The van der Waals surface area contributed by atoms with Crippen molar-refractivity contribution in [2.75, 3.05) is 33.0 Å². The lowest BCUT2D eigenvalue weighted by atomic mass is 10.3. The number of rotatable bonds is 13. The summed E-state index contributed by atoms with van der Waals surface area (Å²) in [5, 5.41) is 0. The molecule has 2 atom stereocenters. The first-order valence-electron chi connectivity index (χ1n) is 5.59. The van der Waals surface area contributed by atoms with Crippen LogP contribution in [0.15, 0.2) is 0 Å². The molecule has 0 aromatic carbocycles. The van der Waals surface area contributed by atoms with Crippen LogP contribution in [0.4, 0.5) is 0 Å². The van der Waals surface area contributed by atoms with Gasteiger partial charge in [-0.1, -0.05) is 19.8 Å². The van der Waals surface area contributed by atoms with Crippen LogP contribution in [0.5, 0.6) is 0 Å². The van der Waals surface area contributed by atoms with E-state index in [0.717, 1.165) is 13.0 Å². The van der Waals surface area contributed by atoms with Crippen molar-refractivity contribution >= 4 is 18.1 Å². The van der Waals surface area contributed by atoms with Gasteiger partial charge in [0.15, 0.2) is 18.1 Å². The summed E-state index contributed by atoms with van der Waals surface area (Å²) in [5.74, 6) is 0. The third-order valence-corrected chi connectivity index (χ3v) is 2.88. The Labute approximate surface area is 102 Å². The van der Waals surface area contributed by atoms with Gasteiger partial charge in [-0.15, -0.1) is 0 Å². The lowest BCUT2D eigenvalue weighted by molar-refractivity contribution is 0.201. The molecule has 0 bridgehead atoms. The summed E-state index contributed by atoms with van der Waals surface area (Å²) >= 11 is 0. The quantitative estimate of drug-likeness (QED) is 0.411. The molecule has 0 aliphatic carbocycles. The van der Waals surface area contributed by atoms with Gasteiger partial charge in [-0.2, -0.15) is 0 Å². The first-order valence-corrected chi connectivity index (χ1v) is 7.22. The predicted octanol–water partition coefficient (Wildman–Crippen LogP) is 2.22. The zero-order valence-corrected chi connectivity index (χ0v) is 11.9. The lowest BCUT2D eigenvalue weighted by Gasteiger charge is -2.05. The highest BCUT2D eigenvalue weighted by Crippen LogP contribution is 2.16. The van der Waals surface area contributed by atoms with E-state index < -0.39 is 0 Å². The predicted molar refractivity (Wildman–Crippen MR) is 69.0 cm³/mol. The Hall–Kier alpha value is 0.660. The van der Waals surface area contributed by atoms with Crippen molar-refractivity contribution in [3.05, 3.63) is 0 Å². The van der Waals surface area contributed by atoms with E-state index in [4.69, 9.17) is 23.8 Å². The molecule has 0 radical (unpaired) electrons. The molecular weight excluding hydrogens is 248 g/mol. The van der Waals surface area contributed by atoms with Crippen LogP contribution in [0.25, 0.3) is 0 Å². The van der Waals surface area contributed by atoms with E-state index in [1.165, 1.54) is 12.8 Å². The molecule has 7 heteroatoms. The average molecular weight is 271 g/mol. The maximum absolute atomic E-state index is 5.29. The highest BCUT2D eigenvalue weighted by atomic mass is 31.1. The maximum atomic E-state index is 5.29. The zero-order chi connectivity index (χ0) is 11.9. The number of nitrogens with two attached hydrogens (primary N) is 1. The third kappa shape index (κ3) is 14.7. The van der Waals surface area contributed by atoms with Crippen molar-refractivity contribution in [1.82, 2.24) is 0 Å². The normalized spacial score (nSPS) is 12.4. The first kappa shape index (κ1) is 16.7. The molecule has 2 unspecified atom stereocenters. The SMILES string of the molecule is CCCCCOPOCCOPOCCN. The molecule has 98 valence electrons. The highest BCUT2D eigenvalue weighted by Gasteiger charge is 1.92. The Balaban J connectivity index is 2.83. The second kappa shape index (κ2) is 15.7. The Bertz CT molecular complexity index is 118. The van der Waals surface area contributed by atoms with Crippen LogP contribution in [0.2, 0.25) is 0 Å². The van der Waals surface area contributed by atoms with Crippen LogP contribution in [-0.4, -0.2) is 33.0 Å². The molecular formula is C9H23NO4P2. The topological polar surface area (TPSA) is 62.9 Å². The van der Waals surface area contributed by atoms with Gasteiger partial charge in [0, 0.05) is 6.54 Å². The van der Waals surface area contributed by atoms with Gasteiger partial charge < -0.3 is 23.8 Å². The summed E-state index contributed by atoms with van der Waals surface area (Å²) in [7, 11) is 0.171. The molecule has 0 saturated carbocycles. The van der Waals surface area contributed by atoms with Gasteiger partial charge in [0.05, 0.1) is 26.4 Å². The number of unbranched alkanes of at least 4 members (excludes halogenated alkanes) is 2. The summed E-state index contributed by atoms with van der Waals surface area (Å²) < 4.78 is 20.7. The van der Waals surface area contributed by atoms with Gasteiger partial charge in [0.1, 0.15) is 0 Å². The van der Waals surface area contributed by atoms with Crippen LogP contribution >= 0.6 is 18.1 Å². The van der Waals surface area contributed by atoms with Crippen molar-refractivity contribution in [3.63, 3.8) is 0 Å². The monoisotopic (exact) mass is 271 g/mol. The fraction of sp³-hybridized carbons (Fsp3) is 1.00. The van der Waals surface area contributed by atoms with Gasteiger partial charge in [-0.3, -0.25) is 0 Å². The van der Waals surface area contributed by atoms with Gasteiger partial charge in [-0.05, 0) is 6.42 Å². The molecule has 5 nitrogen and oxygen atoms in total. The summed E-state index contributed by atoms with van der Waals surface area (Å²) in [6.07, 6.45) is 3.54. The summed E-state index contributed by atoms with van der Waals surface area (Å²) in [6, 6.07) is 0. The van der Waals surface area contributed by atoms with Crippen LogP contribution in [0, 0.1) is 0 Å². The molecule has 16 heavy (non-hydrogen) atoms. The van der Waals surface area contributed by atoms with E-state index in [9.17, 15) is 0 Å². The van der Waals surface area contributed by atoms with Crippen LogP contribution in [0.1, 0.15) is 26.2 Å². The first-order chi connectivity index (χ1) is 7.91. The minimum absolute atomic E-state index is 0.0534. The smallest absolute Gasteiger partial charge is 0.155 e. The number of hydrogen-bond acceptors (Lipinski definition) is 5. The molecule has 0 spiro atoms. The van der Waals surface area contributed by atoms with Crippen LogP contribution in [0.3, 0.4) is 0 Å². The van der Waals surface area contributed by atoms with Crippen molar-refractivity contribution in [2.24, 2.45) is 5.73 Å². The fourth-order valence-electron chi connectivity index (χ4n) is 0.816. The molecule has 2 N–H and O–H groups in total. The fourth-order valence-corrected chi connectivity index (χ4v) is 1.75. The van der Waals surface area contributed by atoms with E-state index in [0.29, 0.717) is 26.4 Å². The average Bonchev–Trinajstić information content (AvgIpc) is 2.31. The molecule has 0 aromatic heterocycles. The van der Waals surface area contributed by atoms with Crippen molar-refractivity contribution in [2.45, 2.75) is 26.2 Å². The largest absolute Gasteiger partial charge is 0.336 e. The van der Waals surface area contributed by atoms with E-state index in [-0.39, 0.29) is 18.1 Å². The summed E-state index contributed by atoms with van der Waals surface area (Å²) in [6.45, 7) is 5.11. The molecule has 0 saturated heterocycles. The minimum atomic E-state index is 0.0534. The van der Waals surface area contributed by atoms with Gasteiger partial charge in [-0.25, -0.2) is 0 Å². The number of hydrogen-bond donors (Lipinski definition) is 1. The lowest BCUT2D eigenvalue weighted by Crippen LogP contribution is -2.05. The highest BCUT2D eigenvalue weighted by molar-refractivity contribution is 7.26. The van der Waals surface area contributed by atoms with Crippen molar-refractivity contribution in [1.29, 1.82) is 0 Å². The summed E-state index contributed by atoms with van der Waals surface area (Å²) in [5.41, 5.74) is 5.24. The van der Waals surface area contributed by atoms with Gasteiger partial charge in [0.2, 0.25) is 0 Å². The Kier molecular flexibility index (Phi) is 16.3. The van der Waals surface area contributed by atoms with E-state index >= 15 is 0 Å². The minimum Gasteiger partial charge on any atom is -0.336 e. The molecule has 0 rings (SSSR count). The molecule has 0 fully saturated rings. The molecule has 0 aliphatic heterocycles. The zero-order valence-electron chi connectivity index (χ0n) is 9.87. The van der Waals surface area contributed by atoms with Crippen LogP contribution < -0.4 is 5.73 Å². The van der Waals surface area contributed by atoms with Gasteiger partial charge >= 0.3 is 0 Å². The molecule has 0 amide bonds. The molecule has 0 heterocycles. The molecule has 0 aromatic rings. The van der Waals surface area contributed by atoms with Gasteiger partial charge in [0.25, 0.3) is 0 Å². The Morgan fingerprint density at radius 1 is 0.812 bits per heavy atom. The Morgan fingerprint density at radius 2 is 1.38 bits per heavy atom. The van der Waals surface area contributed by atoms with Crippen molar-refractivity contribution < 1.29 is 18.1 Å². The van der Waals surface area contributed by atoms with Crippen LogP contribution in [-0.2, 0) is 18.1 Å².